The molecule has 3 N–H and O–H groups in total. The van der Waals surface area contributed by atoms with Crippen molar-refractivity contribution in [1.29, 1.82) is 0 Å². The van der Waals surface area contributed by atoms with E-state index in [2.05, 4.69) is 48.8 Å². The van der Waals surface area contributed by atoms with Crippen LogP contribution in [0.25, 0.3) is 0 Å². The summed E-state index contributed by atoms with van der Waals surface area (Å²) < 4.78 is 2.02. The average molecular weight is 264 g/mol. The topological polar surface area (TPSA) is 55.9 Å². The predicted molar refractivity (Wildman–Crippen MR) is 75.5 cm³/mol. The van der Waals surface area contributed by atoms with E-state index in [4.69, 9.17) is 5.84 Å². The highest BCUT2D eigenvalue weighted by atomic mass is 32.1. The number of thiophene rings is 1. The molecule has 5 heteroatoms. The van der Waals surface area contributed by atoms with E-state index in [0.29, 0.717) is 0 Å². The molecule has 1 unspecified atom stereocenters. The Bertz CT molecular complexity index is 515. The number of hydrazine groups is 1. The lowest BCUT2D eigenvalue weighted by atomic mass is 10.1. The second-order valence-electron chi connectivity index (χ2n) is 4.32. The zero-order chi connectivity index (χ0) is 13.1. The normalized spacial score (nSPS) is 12.9. The smallest absolute Gasteiger partial charge is 0.0886 e. The van der Waals surface area contributed by atoms with Gasteiger partial charge in [-0.15, -0.1) is 11.3 Å². The minimum atomic E-state index is 0.0164. The fraction of sp³-hybridized carbons (Fsp3) is 0.462. The van der Waals surface area contributed by atoms with Crippen LogP contribution in [0.1, 0.15) is 41.7 Å². The Kier molecular flexibility index (Phi) is 4.16. The number of nitrogens with zero attached hydrogens (tertiary/aromatic N) is 2. The van der Waals surface area contributed by atoms with Crippen molar-refractivity contribution in [2.45, 2.75) is 39.8 Å². The van der Waals surface area contributed by atoms with Crippen molar-refractivity contribution in [3.05, 3.63) is 39.3 Å². The van der Waals surface area contributed by atoms with Crippen LogP contribution in [0.3, 0.4) is 0 Å². The molecule has 0 aliphatic carbocycles. The van der Waals surface area contributed by atoms with Crippen LogP contribution in [0.2, 0.25) is 0 Å². The van der Waals surface area contributed by atoms with Crippen molar-refractivity contribution < 1.29 is 0 Å². The van der Waals surface area contributed by atoms with E-state index >= 15 is 0 Å². The molecule has 2 heterocycles. The third kappa shape index (κ3) is 2.48. The van der Waals surface area contributed by atoms with Crippen molar-refractivity contribution in [2.75, 3.05) is 0 Å². The van der Waals surface area contributed by atoms with E-state index in [1.54, 1.807) is 11.3 Å². The number of hydrogen-bond donors (Lipinski definition) is 2. The van der Waals surface area contributed by atoms with Crippen LogP contribution < -0.4 is 11.3 Å². The van der Waals surface area contributed by atoms with Gasteiger partial charge in [0.05, 0.1) is 17.4 Å². The van der Waals surface area contributed by atoms with Crippen LogP contribution in [-0.4, -0.2) is 9.78 Å². The van der Waals surface area contributed by atoms with Gasteiger partial charge in [-0.3, -0.25) is 10.5 Å². The van der Waals surface area contributed by atoms with Gasteiger partial charge >= 0.3 is 0 Å². The summed E-state index contributed by atoms with van der Waals surface area (Å²) in [4.78, 5) is 1.29. The molecule has 0 fully saturated rings. The molecule has 18 heavy (non-hydrogen) atoms. The summed E-state index contributed by atoms with van der Waals surface area (Å²) in [6.45, 7) is 7.18. The third-order valence-electron chi connectivity index (χ3n) is 3.07. The Balaban J connectivity index is 2.40. The zero-order valence-corrected chi connectivity index (χ0v) is 11.9. The van der Waals surface area contributed by atoms with Crippen molar-refractivity contribution in [1.82, 2.24) is 15.2 Å². The van der Waals surface area contributed by atoms with E-state index in [1.165, 1.54) is 10.4 Å². The number of hydrogen-bond acceptors (Lipinski definition) is 4. The largest absolute Gasteiger partial charge is 0.271 e. The van der Waals surface area contributed by atoms with Crippen molar-refractivity contribution in [3.63, 3.8) is 0 Å². The van der Waals surface area contributed by atoms with E-state index in [-0.39, 0.29) is 6.04 Å². The number of nitrogens with one attached hydrogen (secondary N) is 1. The van der Waals surface area contributed by atoms with Gasteiger partial charge in [-0.05, 0) is 43.3 Å². The minimum Gasteiger partial charge on any atom is -0.271 e. The predicted octanol–water partition coefficient (Wildman–Crippen LogP) is 2.39. The number of rotatable bonds is 5. The second kappa shape index (κ2) is 5.65. The van der Waals surface area contributed by atoms with Gasteiger partial charge in [0.2, 0.25) is 0 Å². The molecular formula is C13H20N4S. The van der Waals surface area contributed by atoms with Gasteiger partial charge in [0.15, 0.2) is 0 Å². The Morgan fingerprint density at radius 1 is 1.44 bits per heavy atom. The Morgan fingerprint density at radius 3 is 2.72 bits per heavy atom. The summed E-state index contributed by atoms with van der Waals surface area (Å²) in [6.07, 6.45) is 0.944. The standard InChI is InChI=1S/C13H20N4S/c1-4-11-7-12(17(5-2)16-11)13(15-14)10-6-9(3)18-8-10/h6-8,13,15H,4-5,14H2,1-3H3. The maximum absolute atomic E-state index is 5.73. The lowest BCUT2D eigenvalue weighted by Crippen LogP contribution is -2.30. The van der Waals surface area contributed by atoms with Crippen molar-refractivity contribution in [2.24, 2.45) is 5.84 Å². The van der Waals surface area contributed by atoms with Gasteiger partial charge in [-0.2, -0.15) is 5.10 Å². The maximum Gasteiger partial charge on any atom is 0.0886 e. The molecule has 0 radical (unpaired) electrons. The fourth-order valence-electron chi connectivity index (χ4n) is 2.11. The van der Waals surface area contributed by atoms with Gasteiger partial charge in [0.25, 0.3) is 0 Å². The van der Waals surface area contributed by atoms with E-state index in [9.17, 15) is 0 Å². The summed E-state index contributed by atoms with van der Waals surface area (Å²) in [6, 6.07) is 4.33. The maximum atomic E-state index is 5.73. The van der Waals surface area contributed by atoms with E-state index < -0.39 is 0 Å². The SMILES string of the molecule is CCc1cc(C(NN)c2csc(C)c2)n(CC)n1. The molecule has 1 atom stereocenters. The van der Waals surface area contributed by atoms with Crippen molar-refractivity contribution in [3.8, 4) is 0 Å². The Hall–Kier alpha value is -1.17. The van der Waals surface area contributed by atoms with Gasteiger partial charge in [0, 0.05) is 11.4 Å². The molecule has 2 aromatic heterocycles. The molecule has 2 aromatic rings. The zero-order valence-electron chi connectivity index (χ0n) is 11.1. The highest BCUT2D eigenvalue weighted by molar-refractivity contribution is 7.10. The number of nitrogens with two attached hydrogens (primary N) is 1. The van der Waals surface area contributed by atoms with Crippen LogP contribution >= 0.6 is 11.3 Å². The quantitative estimate of drug-likeness (QED) is 0.644. The molecular weight excluding hydrogens is 244 g/mol. The molecule has 0 saturated carbocycles. The monoisotopic (exact) mass is 264 g/mol. The van der Waals surface area contributed by atoms with Gasteiger partial charge < -0.3 is 0 Å². The highest BCUT2D eigenvalue weighted by Crippen LogP contribution is 2.26. The van der Waals surface area contributed by atoms with Gasteiger partial charge in [-0.1, -0.05) is 6.92 Å². The van der Waals surface area contributed by atoms with Crippen LogP contribution in [0, 0.1) is 6.92 Å². The molecule has 0 bridgehead atoms. The molecule has 0 saturated heterocycles. The Labute approximate surface area is 112 Å². The highest BCUT2D eigenvalue weighted by Gasteiger charge is 2.19. The molecule has 2 rings (SSSR count). The molecule has 0 aliphatic rings. The molecule has 0 spiro atoms. The van der Waals surface area contributed by atoms with Gasteiger partial charge in [0.1, 0.15) is 0 Å². The summed E-state index contributed by atoms with van der Waals surface area (Å²) in [5.74, 6) is 5.73. The van der Waals surface area contributed by atoms with Gasteiger partial charge in [-0.25, -0.2) is 5.43 Å². The fourth-order valence-corrected chi connectivity index (χ4v) is 2.84. The first kappa shape index (κ1) is 13.3. The van der Waals surface area contributed by atoms with Crippen LogP contribution in [0.15, 0.2) is 17.5 Å². The molecule has 0 aromatic carbocycles. The second-order valence-corrected chi connectivity index (χ2v) is 5.44. The average Bonchev–Trinajstić information content (AvgIpc) is 2.97. The first-order valence-electron chi connectivity index (χ1n) is 6.27. The number of aryl methyl sites for hydroxylation is 3. The Morgan fingerprint density at radius 2 is 2.22 bits per heavy atom. The molecule has 4 nitrogen and oxygen atoms in total. The lowest BCUT2D eigenvalue weighted by Gasteiger charge is -2.15. The number of aromatic nitrogens is 2. The first-order valence-corrected chi connectivity index (χ1v) is 7.15. The molecule has 98 valence electrons. The minimum absolute atomic E-state index is 0.0164. The van der Waals surface area contributed by atoms with Crippen LogP contribution in [0.5, 0.6) is 0 Å². The van der Waals surface area contributed by atoms with E-state index in [0.717, 1.165) is 24.4 Å². The molecule has 0 amide bonds. The summed E-state index contributed by atoms with van der Waals surface area (Å²) in [5.41, 5.74) is 6.36. The lowest BCUT2D eigenvalue weighted by molar-refractivity contribution is 0.542. The van der Waals surface area contributed by atoms with Crippen LogP contribution in [-0.2, 0) is 13.0 Å². The van der Waals surface area contributed by atoms with Crippen molar-refractivity contribution >= 4 is 11.3 Å². The third-order valence-corrected chi connectivity index (χ3v) is 3.95. The summed E-state index contributed by atoms with van der Waals surface area (Å²) >= 11 is 1.74. The molecule has 0 aliphatic heterocycles. The first-order chi connectivity index (χ1) is 8.69. The summed E-state index contributed by atoms with van der Waals surface area (Å²) in [5, 5.41) is 6.72. The van der Waals surface area contributed by atoms with Crippen LogP contribution in [0.4, 0.5) is 0 Å². The summed E-state index contributed by atoms with van der Waals surface area (Å²) in [7, 11) is 0. The van der Waals surface area contributed by atoms with E-state index in [1.807, 2.05) is 4.68 Å².